The molecule has 2 aromatic heterocycles. The van der Waals surface area contributed by atoms with Gasteiger partial charge >= 0.3 is 5.97 Å². The number of hydrogen-bond donors (Lipinski definition) is 1. The van der Waals surface area contributed by atoms with Crippen molar-refractivity contribution >= 4 is 28.6 Å². The van der Waals surface area contributed by atoms with Crippen LogP contribution < -0.4 is 4.90 Å². The summed E-state index contributed by atoms with van der Waals surface area (Å²) in [5, 5.41) is 11.0. The molecule has 1 N–H and O–H groups in total. The highest BCUT2D eigenvalue weighted by atomic mass is 19.1. The van der Waals surface area contributed by atoms with E-state index in [1.54, 1.807) is 24.4 Å². The van der Waals surface area contributed by atoms with Crippen molar-refractivity contribution in [3.8, 4) is 5.75 Å². The van der Waals surface area contributed by atoms with Crippen LogP contribution in [0.5, 0.6) is 5.75 Å². The molecule has 1 saturated heterocycles. The van der Waals surface area contributed by atoms with Crippen molar-refractivity contribution in [1.29, 1.82) is 0 Å². The lowest BCUT2D eigenvalue weighted by Gasteiger charge is -2.27. The van der Waals surface area contributed by atoms with Crippen LogP contribution in [0.15, 0.2) is 36.5 Å². The van der Waals surface area contributed by atoms with Crippen molar-refractivity contribution in [2.75, 3.05) is 18.6 Å². The molecule has 4 rings (SSSR count). The molecule has 1 aromatic carbocycles. The Balaban J connectivity index is 1.86. The first kappa shape index (κ1) is 19.8. The number of carbonyl (C=O) groups is 2. The summed E-state index contributed by atoms with van der Waals surface area (Å²) in [5.74, 6) is -1.33. The van der Waals surface area contributed by atoms with Crippen LogP contribution in [0.25, 0.3) is 10.9 Å². The first-order valence-corrected chi connectivity index (χ1v) is 9.62. The number of carbonyl (C=O) groups excluding carboxylic acids is 2. The largest absolute Gasteiger partial charge is 0.504 e. The number of piperidine rings is 1. The third kappa shape index (κ3) is 3.68. The van der Waals surface area contributed by atoms with Crippen molar-refractivity contribution in [2.24, 2.45) is 0 Å². The Morgan fingerprint density at radius 1 is 1.23 bits per heavy atom. The summed E-state index contributed by atoms with van der Waals surface area (Å²) in [6, 6.07) is 7.93. The SMILES string of the molecule is COC(=O)c1nc(N2CCCCC2=O)c2cc(Cc3ccc(F)cc3)cnc2c1O. The summed E-state index contributed by atoms with van der Waals surface area (Å²) in [4.78, 5) is 34.8. The van der Waals surface area contributed by atoms with E-state index in [1.807, 2.05) is 0 Å². The number of rotatable bonds is 4. The minimum absolute atomic E-state index is 0.0968. The lowest BCUT2D eigenvalue weighted by molar-refractivity contribution is -0.119. The van der Waals surface area contributed by atoms with Crippen LogP contribution in [0.3, 0.4) is 0 Å². The quantitative estimate of drug-likeness (QED) is 0.664. The minimum atomic E-state index is -0.808. The second kappa shape index (κ2) is 8.06. The number of fused-ring (bicyclic) bond motifs is 1. The fourth-order valence-corrected chi connectivity index (χ4v) is 3.61. The molecule has 0 aliphatic carbocycles. The Labute approximate surface area is 172 Å². The van der Waals surface area contributed by atoms with Gasteiger partial charge in [0.25, 0.3) is 0 Å². The molecule has 0 bridgehead atoms. The Hall–Kier alpha value is -3.55. The number of esters is 1. The third-order valence-electron chi connectivity index (χ3n) is 5.13. The van der Waals surface area contributed by atoms with Gasteiger partial charge in [-0.05, 0) is 48.6 Å². The zero-order chi connectivity index (χ0) is 21.3. The number of aromatic hydroxyl groups is 1. The Morgan fingerprint density at radius 3 is 2.70 bits per heavy atom. The zero-order valence-corrected chi connectivity index (χ0v) is 16.4. The summed E-state index contributed by atoms with van der Waals surface area (Å²) < 4.78 is 17.9. The number of methoxy groups -OCH3 is 1. The van der Waals surface area contributed by atoms with Crippen molar-refractivity contribution < 1.29 is 23.8 Å². The number of anilines is 1. The fourth-order valence-electron chi connectivity index (χ4n) is 3.61. The van der Waals surface area contributed by atoms with Gasteiger partial charge in [0.1, 0.15) is 17.2 Å². The predicted octanol–water partition coefficient (Wildman–Crippen LogP) is 3.37. The summed E-state index contributed by atoms with van der Waals surface area (Å²) in [5.41, 5.74) is 1.57. The predicted molar refractivity (Wildman–Crippen MR) is 108 cm³/mol. The molecule has 0 saturated carbocycles. The van der Waals surface area contributed by atoms with E-state index in [0.29, 0.717) is 24.8 Å². The number of halogens is 1. The van der Waals surface area contributed by atoms with Crippen molar-refractivity contribution in [2.45, 2.75) is 25.7 Å². The molecule has 1 aliphatic rings. The molecule has 0 unspecified atom stereocenters. The zero-order valence-electron chi connectivity index (χ0n) is 16.4. The molecule has 1 amide bonds. The minimum Gasteiger partial charge on any atom is -0.504 e. The molecule has 3 heterocycles. The average Bonchev–Trinajstić information content (AvgIpc) is 2.76. The van der Waals surface area contributed by atoms with Gasteiger partial charge in [0.05, 0.1) is 7.11 Å². The lowest BCUT2D eigenvalue weighted by atomic mass is 10.0. The third-order valence-corrected chi connectivity index (χ3v) is 5.13. The molecule has 0 atom stereocenters. The van der Waals surface area contributed by atoms with Crippen LogP contribution in [0.1, 0.15) is 40.9 Å². The maximum absolute atomic E-state index is 13.2. The molecule has 3 aromatic rings. The van der Waals surface area contributed by atoms with Crippen molar-refractivity contribution in [1.82, 2.24) is 9.97 Å². The number of ether oxygens (including phenoxy) is 1. The highest BCUT2D eigenvalue weighted by Crippen LogP contribution is 2.35. The maximum Gasteiger partial charge on any atom is 0.360 e. The monoisotopic (exact) mass is 409 g/mol. The van der Waals surface area contributed by atoms with E-state index in [9.17, 15) is 19.1 Å². The maximum atomic E-state index is 13.2. The van der Waals surface area contributed by atoms with Gasteiger partial charge in [0.2, 0.25) is 5.91 Å². The van der Waals surface area contributed by atoms with Gasteiger partial charge in [0.15, 0.2) is 11.4 Å². The number of hydrogen-bond acceptors (Lipinski definition) is 6. The van der Waals surface area contributed by atoms with E-state index in [0.717, 1.165) is 24.0 Å². The van der Waals surface area contributed by atoms with Crippen LogP contribution in [-0.4, -0.2) is 40.6 Å². The molecule has 7 nitrogen and oxygen atoms in total. The molecular weight excluding hydrogens is 389 g/mol. The van der Waals surface area contributed by atoms with Gasteiger partial charge in [-0.1, -0.05) is 12.1 Å². The number of amides is 1. The van der Waals surface area contributed by atoms with E-state index < -0.39 is 11.7 Å². The lowest BCUT2D eigenvalue weighted by Crippen LogP contribution is -2.36. The van der Waals surface area contributed by atoms with Gasteiger partial charge in [-0.15, -0.1) is 0 Å². The van der Waals surface area contributed by atoms with E-state index in [2.05, 4.69) is 9.97 Å². The van der Waals surface area contributed by atoms with Gasteiger partial charge < -0.3 is 9.84 Å². The molecule has 0 radical (unpaired) electrons. The number of nitrogens with zero attached hydrogens (tertiary/aromatic N) is 3. The van der Waals surface area contributed by atoms with E-state index in [1.165, 1.54) is 24.1 Å². The van der Waals surface area contributed by atoms with E-state index in [-0.39, 0.29) is 28.8 Å². The standard InChI is InChI=1S/C22H20FN3O4/c1-30-22(29)19-20(28)18-16(21(25-19)26-9-3-2-4-17(26)27)11-14(12-24-18)10-13-5-7-15(23)8-6-13/h5-8,11-12,28H,2-4,9-10H2,1H3. The van der Waals surface area contributed by atoms with Gasteiger partial charge in [-0.25, -0.2) is 14.2 Å². The van der Waals surface area contributed by atoms with Gasteiger partial charge in [-0.3, -0.25) is 14.7 Å². The first-order valence-electron chi connectivity index (χ1n) is 9.62. The van der Waals surface area contributed by atoms with Crippen LogP contribution in [0.4, 0.5) is 10.2 Å². The molecule has 30 heavy (non-hydrogen) atoms. The summed E-state index contributed by atoms with van der Waals surface area (Å²) in [6.45, 7) is 0.467. The number of aromatic nitrogens is 2. The molecular formula is C22H20FN3O4. The highest BCUT2D eigenvalue weighted by molar-refractivity contribution is 6.06. The molecule has 1 aliphatic heterocycles. The van der Waals surface area contributed by atoms with Crippen molar-refractivity contribution in [3.63, 3.8) is 0 Å². The van der Waals surface area contributed by atoms with Crippen LogP contribution in [0.2, 0.25) is 0 Å². The fraction of sp³-hybridized carbons (Fsp3) is 0.273. The summed E-state index contributed by atoms with van der Waals surface area (Å²) in [7, 11) is 1.19. The Kier molecular flexibility index (Phi) is 5.31. The van der Waals surface area contributed by atoms with Crippen LogP contribution in [-0.2, 0) is 16.0 Å². The van der Waals surface area contributed by atoms with Crippen molar-refractivity contribution in [3.05, 3.63) is 59.2 Å². The molecule has 154 valence electrons. The summed E-state index contributed by atoms with van der Waals surface area (Å²) >= 11 is 0. The first-order chi connectivity index (χ1) is 14.5. The highest BCUT2D eigenvalue weighted by Gasteiger charge is 2.28. The normalized spacial score (nSPS) is 14.2. The Morgan fingerprint density at radius 2 is 2.00 bits per heavy atom. The Bertz CT molecular complexity index is 1130. The number of benzene rings is 1. The number of pyridine rings is 2. The van der Waals surface area contributed by atoms with Gasteiger partial charge in [-0.2, -0.15) is 0 Å². The second-order valence-electron chi connectivity index (χ2n) is 7.17. The van der Waals surface area contributed by atoms with Crippen LogP contribution in [0, 0.1) is 5.82 Å². The van der Waals surface area contributed by atoms with E-state index >= 15 is 0 Å². The van der Waals surface area contributed by atoms with Gasteiger partial charge in [0, 0.05) is 24.5 Å². The smallest absolute Gasteiger partial charge is 0.360 e. The average molecular weight is 409 g/mol. The molecule has 0 spiro atoms. The summed E-state index contributed by atoms with van der Waals surface area (Å²) in [6.07, 6.45) is 4.06. The molecule has 8 heteroatoms. The molecule has 1 fully saturated rings. The second-order valence-corrected chi connectivity index (χ2v) is 7.17. The van der Waals surface area contributed by atoms with E-state index in [4.69, 9.17) is 4.74 Å². The van der Waals surface area contributed by atoms with Crippen LogP contribution >= 0.6 is 0 Å². The topological polar surface area (TPSA) is 92.6 Å².